The summed E-state index contributed by atoms with van der Waals surface area (Å²) in [5, 5.41) is 4.85. The van der Waals surface area contributed by atoms with Gasteiger partial charge in [-0.15, -0.1) is 12.4 Å². The van der Waals surface area contributed by atoms with Gasteiger partial charge in [0.05, 0.1) is 12.1 Å². The molecule has 6 heteroatoms. The number of halogens is 3. The van der Waals surface area contributed by atoms with E-state index in [4.69, 9.17) is 27.9 Å². The van der Waals surface area contributed by atoms with Crippen LogP contribution in [0.1, 0.15) is 18.4 Å². The number of benzene rings is 1. The van der Waals surface area contributed by atoms with Crippen molar-refractivity contribution in [2.75, 3.05) is 33.3 Å². The smallest absolute Gasteiger partial charge is 0.138 e. The number of nitrogens with zero attached hydrogens (tertiary/aromatic N) is 1. The monoisotopic (exact) mass is 350 g/mol. The van der Waals surface area contributed by atoms with Gasteiger partial charge in [-0.25, -0.2) is 0 Å². The van der Waals surface area contributed by atoms with Crippen molar-refractivity contribution in [2.24, 2.45) is 5.41 Å². The van der Waals surface area contributed by atoms with Gasteiger partial charge in [0.25, 0.3) is 0 Å². The Kier molecular flexibility index (Phi) is 5.66. The first-order valence-corrected chi connectivity index (χ1v) is 7.82. The van der Waals surface area contributed by atoms with Gasteiger partial charge < -0.3 is 10.1 Å². The molecule has 0 bridgehead atoms. The lowest BCUT2D eigenvalue weighted by atomic mass is 9.86. The first-order valence-electron chi connectivity index (χ1n) is 7.07. The average Bonchev–Trinajstić information content (AvgIpc) is 3.04. The molecule has 2 saturated heterocycles. The van der Waals surface area contributed by atoms with Crippen LogP contribution >= 0.6 is 35.6 Å². The van der Waals surface area contributed by atoms with Crippen molar-refractivity contribution in [3.8, 4) is 5.75 Å². The summed E-state index contributed by atoms with van der Waals surface area (Å²) >= 11 is 12.5. The van der Waals surface area contributed by atoms with Crippen molar-refractivity contribution >= 4 is 35.6 Å². The Balaban J connectivity index is 0.00000161. The molecule has 1 spiro atoms. The van der Waals surface area contributed by atoms with Gasteiger partial charge in [-0.2, -0.15) is 0 Å². The second-order valence-electron chi connectivity index (χ2n) is 5.97. The van der Waals surface area contributed by atoms with Gasteiger partial charge in [-0.05, 0) is 43.0 Å². The molecule has 2 fully saturated rings. The third-order valence-corrected chi connectivity index (χ3v) is 5.21. The third-order valence-electron chi connectivity index (χ3n) is 4.56. The van der Waals surface area contributed by atoms with Gasteiger partial charge in [-0.1, -0.05) is 23.2 Å². The maximum absolute atomic E-state index is 6.33. The molecule has 3 rings (SSSR count). The fourth-order valence-electron chi connectivity index (χ4n) is 3.39. The fraction of sp³-hybridized carbons (Fsp3) is 0.600. The molecule has 1 aromatic rings. The molecule has 0 aromatic heterocycles. The fourth-order valence-corrected chi connectivity index (χ4v) is 3.87. The summed E-state index contributed by atoms with van der Waals surface area (Å²) in [6.07, 6.45) is 2.57. The molecule has 3 nitrogen and oxygen atoms in total. The first kappa shape index (κ1) is 17.2. The second-order valence-corrected chi connectivity index (χ2v) is 6.78. The summed E-state index contributed by atoms with van der Waals surface area (Å²) in [5.74, 6) is 0.637. The summed E-state index contributed by atoms with van der Waals surface area (Å²) < 4.78 is 5.19. The molecule has 2 aliphatic rings. The van der Waals surface area contributed by atoms with Crippen molar-refractivity contribution in [2.45, 2.75) is 19.4 Å². The Hall–Kier alpha value is -0.190. The van der Waals surface area contributed by atoms with E-state index in [9.17, 15) is 0 Å². The highest BCUT2D eigenvalue weighted by Crippen LogP contribution is 2.38. The number of ether oxygens (including phenoxy) is 1. The summed E-state index contributed by atoms with van der Waals surface area (Å²) in [7, 11) is 1.61. The van der Waals surface area contributed by atoms with Gasteiger partial charge >= 0.3 is 0 Å². The lowest BCUT2D eigenvalue weighted by Crippen LogP contribution is -2.29. The van der Waals surface area contributed by atoms with E-state index in [2.05, 4.69) is 10.2 Å². The lowest BCUT2D eigenvalue weighted by molar-refractivity contribution is 0.268. The van der Waals surface area contributed by atoms with E-state index >= 15 is 0 Å². The molecule has 0 radical (unpaired) electrons. The zero-order valence-corrected chi connectivity index (χ0v) is 14.5. The zero-order chi connectivity index (χ0) is 14.2. The second kappa shape index (κ2) is 6.93. The van der Waals surface area contributed by atoms with Gasteiger partial charge in [0.15, 0.2) is 0 Å². The Morgan fingerprint density at radius 2 is 2.10 bits per heavy atom. The first-order chi connectivity index (χ1) is 9.62. The van der Waals surface area contributed by atoms with Crippen LogP contribution in [0.5, 0.6) is 5.75 Å². The minimum absolute atomic E-state index is 0. The quantitative estimate of drug-likeness (QED) is 0.900. The molecule has 1 atom stereocenters. The molecule has 1 unspecified atom stereocenters. The summed E-state index contributed by atoms with van der Waals surface area (Å²) in [6, 6.07) is 3.74. The van der Waals surface area contributed by atoms with Crippen molar-refractivity contribution in [1.82, 2.24) is 10.2 Å². The van der Waals surface area contributed by atoms with E-state index in [1.165, 1.54) is 12.8 Å². The minimum Gasteiger partial charge on any atom is -0.495 e. The minimum atomic E-state index is 0. The van der Waals surface area contributed by atoms with Crippen molar-refractivity contribution in [3.63, 3.8) is 0 Å². The van der Waals surface area contributed by atoms with Crippen LogP contribution in [0.25, 0.3) is 0 Å². The number of rotatable bonds is 3. The van der Waals surface area contributed by atoms with Crippen LogP contribution in [-0.2, 0) is 6.54 Å². The summed E-state index contributed by atoms with van der Waals surface area (Å²) in [4.78, 5) is 2.48. The van der Waals surface area contributed by atoms with Gasteiger partial charge in [0.2, 0.25) is 0 Å². The molecule has 21 heavy (non-hydrogen) atoms. The number of hydrogen-bond acceptors (Lipinski definition) is 3. The van der Waals surface area contributed by atoms with Crippen molar-refractivity contribution < 1.29 is 4.74 Å². The van der Waals surface area contributed by atoms with Crippen molar-refractivity contribution in [1.29, 1.82) is 0 Å². The van der Waals surface area contributed by atoms with E-state index in [-0.39, 0.29) is 12.4 Å². The van der Waals surface area contributed by atoms with Crippen LogP contribution in [0.4, 0.5) is 0 Å². The number of likely N-dealkylation sites (tertiary alicyclic amines) is 1. The molecule has 1 N–H and O–H groups in total. The van der Waals surface area contributed by atoms with Gasteiger partial charge in [0.1, 0.15) is 5.75 Å². The molecular formula is C15H21Cl3N2O. The van der Waals surface area contributed by atoms with E-state index in [0.717, 1.165) is 43.3 Å². The molecule has 2 heterocycles. The zero-order valence-electron chi connectivity index (χ0n) is 12.1. The van der Waals surface area contributed by atoms with Gasteiger partial charge in [0, 0.05) is 30.7 Å². The van der Waals surface area contributed by atoms with E-state index in [1.807, 2.05) is 12.1 Å². The average molecular weight is 352 g/mol. The predicted octanol–water partition coefficient (Wildman–Crippen LogP) is 3.61. The molecule has 1 aromatic carbocycles. The number of hydrogen-bond donors (Lipinski definition) is 1. The Labute approximate surface area is 142 Å². The Bertz CT molecular complexity index is 504. The number of nitrogens with one attached hydrogen (secondary N) is 1. The highest BCUT2D eigenvalue weighted by Gasteiger charge is 2.40. The van der Waals surface area contributed by atoms with Crippen molar-refractivity contribution in [3.05, 3.63) is 27.7 Å². The molecule has 0 aliphatic carbocycles. The van der Waals surface area contributed by atoms with E-state index < -0.39 is 0 Å². The Morgan fingerprint density at radius 3 is 2.76 bits per heavy atom. The standard InChI is InChI=1S/C15H20Cl2N2O.ClH/c1-20-14-7-12(16)11(6-13(14)17)8-19-5-3-15(10-19)2-4-18-9-15;/h6-7,18H,2-5,8-10H2,1H3;1H. The third kappa shape index (κ3) is 3.59. The largest absolute Gasteiger partial charge is 0.495 e. The van der Waals surface area contributed by atoms with Crippen LogP contribution in [0, 0.1) is 5.41 Å². The van der Waals surface area contributed by atoms with E-state index in [1.54, 1.807) is 7.11 Å². The SMILES string of the molecule is COc1cc(Cl)c(CN2CCC3(CCNC3)C2)cc1Cl.Cl. The number of methoxy groups -OCH3 is 1. The summed E-state index contributed by atoms with van der Waals surface area (Å²) in [5.41, 5.74) is 1.57. The summed E-state index contributed by atoms with van der Waals surface area (Å²) in [6.45, 7) is 5.47. The molecule has 2 aliphatic heterocycles. The maximum atomic E-state index is 6.33. The lowest BCUT2D eigenvalue weighted by Gasteiger charge is -2.23. The van der Waals surface area contributed by atoms with Crippen LogP contribution in [-0.4, -0.2) is 38.2 Å². The normalized spacial score (nSPS) is 25.3. The molecular weight excluding hydrogens is 331 g/mol. The molecule has 0 saturated carbocycles. The predicted molar refractivity (Wildman–Crippen MR) is 90.1 cm³/mol. The van der Waals surface area contributed by atoms with Crippen LogP contribution < -0.4 is 10.1 Å². The Morgan fingerprint density at radius 1 is 1.29 bits per heavy atom. The highest BCUT2D eigenvalue weighted by molar-refractivity contribution is 6.34. The van der Waals surface area contributed by atoms with Gasteiger partial charge in [-0.3, -0.25) is 4.90 Å². The molecule has 0 amide bonds. The maximum Gasteiger partial charge on any atom is 0.138 e. The topological polar surface area (TPSA) is 24.5 Å². The van der Waals surface area contributed by atoms with Crippen LogP contribution in [0.3, 0.4) is 0 Å². The van der Waals surface area contributed by atoms with Crippen LogP contribution in [0.15, 0.2) is 12.1 Å². The highest BCUT2D eigenvalue weighted by atomic mass is 35.5. The van der Waals surface area contributed by atoms with Crippen LogP contribution in [0.2, 0.25) is 10.0 Å². The van der Waals surface area contributed by atoms with E-state index in [0.29, 0.717) is 16.2 Å². The molecule has 118 valence electrons.